The Kier molecular flexibility index (Phi) is 7.30. The van der Waals surface area contributed by atoms with Crippen molar-refractivity contribution >= 4 is 29.4 Å². The molecule has 0 aliphatic carbocycles. The van der Waals surface area contributed by atoms with Gasteiger partial charge in [-0.3, -0.25) is 9.59 Å². The van der Waals surface area contributed by atoms with E-state index in [0.29, 0.717) is 42.3 Å². The molecule has 0 aromatic carbocycles. The molecule has 1 aromatic heterocycles. The zero-order chi connectivity index (χ0) is 20.0. The van der Waals surface area contributed by atoms with Crippen molar-refractivity contribution in [3.05, 3.63) is 22.9 Å². The quantitative estimate of drug-likeness (QED) is 0.518. The minimum atomic E-state index is -0.609. The van der Waals surface area contributed by atoms with Gasteiger partial charge in [0, 0.05) is 32.6 Å². The minimum Gasteiger partial charge on any atom is -0.466 e. The number of Topliss-reactive ketones (excluding diaryl/α,β-unsaturated/α-hetero) is 1. The third kappa shape index (κ3) is 5.67. The summed E-state index contributed by atoms with van der Waals surface area (Å²) in [4.78, 5) is 28.0. The number of fused-ring (bicyclic) bond motifs is 1. The molecule has 28 heavy (non-hydrogen) atoms. The molecule has 0 radical (unpaired) electrons. The minimum absolute atomic E-state index is 0.0116. The third-order valence-electron chi connectivity index (χ3n) is 5.38. The Morgan fingerprint density at radius 3 is 2.75 bits per heavy atom. The van der Waals surface area contributed by atoms with E-state index in [1.54, 1.807) is 19.3 Å². The summed E-state index contributed by atoms with van der Waals surface area (Å²) in [6.07, 6.45) is 10.7. The van der Waals surface area contributed by atoms with Gasteiger partial charge in [-0.05, 0) is 25.3 Å². The van der Waals surface area contributed by atoms with Crippen molar-refractivity contribution in [1.82, 2.24) is 4.98 Å². The van der Waals surface area contributed by atoms with Crippen LogP contribution in [0.4, 0.5) is 0 Å². The van der Waals surface area contributed by atoms with Crippen LogP contribution in [0.2, 0.25) is 0 Å². The van der Waals surface area contributed by atoms with Crippen molar-refractivity contribution in [1.29, 1.82) is 0 Å². The normalized spacial score (nSPS) is 28.5. The molecule has 154 valence electrons. The van der Waals surface area contributed by atoms with E-state index >= 15 is 0 Å². The first-order valence-corrected chi connectivity index (χ1v) is 10.5. The molecule has 7 heteroatoms. The van der Waals surface area contributed by atoms with E-state index in [0.717, 1.165) is 32.1 Å². The molecule has 3 heterocycles. The zero-order valence-corrected chi connectivity index (χ0v) is 17.1. The Labute approximate surface area is 170 Å². The highest BCUT2D eigenvalue weighted by Gasteiger charge is 2.57. The van der Waals surface area contributed by atoms with Gasteiger partial charge in [0.15, 0.2) is 5.89 Å². The Balaban J connectivity index is 1.64. The van der Waals surface area contributed by atoms with Gasteiger partial charge >= 0.3 is 5.97 Å². The molecule has 0 bridgehead atoms. The fourth-order valence-corrected chi connectivity index (χ4v) is 4.08. The Morgan fingerprint density at radius 1 is 1.18 bits per heavy atom. The predicted molar refractivity (Wildman–Crippen MR) is 105 cm³/mol. The second-order valence-electron chi connectivity index (χ2n) is 7.60. The first kappa shape index (κ1) is 21.1. The number of carbonyl (C=O) groups excluding carboxylic acids is 2. The molecule has 0 spiro atoms. The number of carbonyl (C=O) groups is 2. The molecule has 1 aromatic rings. The highest BCUT2D eigenvalue weighted by Crippen LogP contribution is 2.50. The van der Waals surface area contributed by atoms with Crippen LogP contribution in [0.15, 0.2) is 15.7 Å². The van der Waals surface area contributed by atoms with E-state index in [2.05, 4.69) is 4.98 Å². The van der Waals surface area contributed by atoms with Gasteiger partial charge in [0.05, 0.1) is 17.7 Å². The number of oxazole rings is 1. The molecule has 2 unspecified atom stereocenters. The first-order valence-electron chi connectivity index (χ1n) is 10.1. The molecule has 0 saturated carbocycles. The van der Waals surface area contributed by atoms with Gasteiger partial charge < -0.3 is 13.9 Å². The van der Waals surface area contributed by atoms with Crippen LogP contribution < -0.4 is 0 Å². The maximum Gasteiger partial charge on any atom is 0.305 e. The second kappa shape index (κ2) is 9.70. The Morgan fingerprint density at radius 2 is 1.96 bits per heavy atom. The van der Waals surface area contributed by atoms with E-state index in [-0.39, 0.29) is 30.9 Å². The van der Waals surface area contributed by atoms with Gasteiger partial charge in [0.2, 0.25) is 0 Å². The number of aryl methyl sites for hydroxylation is 1. The second-order valence-corrected chi connectivity index (χ2v) is 8.00. The maximum atomic E-state index is 11.9. The first-order chi connectivity index (χ1) is 13.5. The number of epoxide rings is 1. The van der Waals surface area contributed by atoms with Crippen LogP contribution in [0.1, 0.15) is 75.8 Å². The molecule has 2 saturated heterocycles. The highest BCUT2D eigenvalue weighted by molar-refractivity contribution is 6.33. The molecule has 0 amide bonds. The summed E-state index contributed by atoms with van der Waals surface area (Å²) < 4.78 is 16.6. The van der Waals surface area contributed by atoms with Crippen molar-refractivity contribution in [3.63, 3.8) is 0 Å². The summed E-state index contributed by atoms with van der Waals surface area (Å²) in [5.74, 6) is 0.538. The topological polar surface area (TPSA) is 81.9 Å². The lowest BCUT2D eigenvalue weighted by Crippen LogP contribution is -2.20. The van der Waals surface area contributed by atoms with Gasteiger partial charge in [-0.2, -0.15) is 0 Å². The molecule has 2 fully saturated rings. The van der Waals surface area contributed by atoms with E-state index in [1.165, 1.54) is 0 Å². The van der Waals surface area contributed by atoms with Crippen molar-refractivity contribution in [3.8, 4) is 0 Å². The van der Waals surface area contributed by atoms with Crippen molar-refractivity contribution in [2.75, 3.05) is 6.61 Å². The number of ketones is 1. The number of halogens is 1. The fourth-order valence-electron chi connectivity index (χ4n) is 3.71. The SMILES string of the molecule is Cc1nc(C=C(Cl)C23CCOC(=O)CCCC(=O)CCCCCCC2O3)co1. The molecular formula is C21H28ClNO5. The van der Waals surface area contributed by atoms with E-state index in [9.17, 15) is 9.59 Å². The van der Waals surface area contributed by atoms with Gasteiger partial charge in [-0.15, -0.1) is 0 Å². The third-order valence-corrected chi connectivity index (χ3v) is 5.81. The van der Waals surface area contributed by atoms with Crippen LogP contribution in [-0.4, -0.2) is 35.0 Å². The predicted octanol–water partition coefficient (Wildman–Crippen LogP) is 4.73. The van der Waals surface area contributed by atoms with E-state index in [4.69, 9.17) is 25.5 Å². The van der Waals surface area contributed by atoms with Gasteiger partial charge in [-0.1, -0.05) is 30.9 Å². The van der Waals surface area contributed by atoms with Gasteiger partial charge in [-0.25, -0.2) is 4.98 Å². The van der Waals surface area contributed by atoms with Crippen LogP contribution >= 0.6 is 11.6 Å². The monoisotopic (exact) mass is 409 g/mol. The van der Waals surface area contributed by atoms with Crippen LogP contribution in [-0.2, 0) is 19.1 Å². The largest absolute Gasteiger partial charge is 0.466 e. The maximum absolute atomic E-state index is 11.9. The molecule has 0 N–H and O–H groups in total. The molecule has 3 rings (SSSR count). The number of ether oxygens (including phenoxy) is 2. The van der Waals surface area contributed by atoms with Gasteiger partial charge in [0.25, 0.3) is 0 Å². The summed E-state index contributed by atoms with van der Waals surface area (Å²) in [6.45, 7) is 2.02. The Bertz CT molecular complexity index is 728. The average Bonchev–Trinajstić information content (AvgIpc) is 3.21. The lowest BCUT2D eigenvalue weighted by Gasteiger charge is -2.13. The number of hydrogen-bond acceptors (Lipinski definition) is 6. The van der Waals surface area contributed by atoms with Crippen LogP contribution in [0.25, 0.3) is 6.08 Å². The fraction of sp³-hybridized carbons (Fsp3) is 0.667. The van der Waals surface area contributed by atoms with Crippen LogP contribution in [0.5, 0.6) is 0 Å². The summed E-state index contributed by atoms with van der Waals surface area (Å²) in [7, 11) is 0. The lowest BCUT2D eigenvalue weighted by atomic mass is 9.95. The Hall–Kier alpha value is -1.66. The van der Waals surface area contributed by atoms with Crippen molar-refractivity contribution < 1.29 is 23.5 Å². The number of rotatable bonds is 2. The van der Waals surface area contributed by atoms with E-state index < -0.39 is 5.60 Å². The lowest BCUT2D eigenvalue weighted by molar-refractivity contribution is -0.144. The molecule has 2 aliphatic rings. The number of aromatic nitrogens is 1. The number of esters is 1. The zero-order valence-electron chi connectivity index (χ0n) is 16.4. The molecular weight excluding hydrogens is 382 g/mol. The number of nitrogens with zero attached hydrogens (tertiary/aromatic N) is 1. The summed E-state index contributed by atoms with van der Waals surface area (Å²) in [5.41, 5.74) is 0.0433. The highest BCUT2D eigenvalue weighted by atomic mass is 35.5. The average molecular weight is 410 g/mol. The molecule has 6 nitrogen and oxygen atoms in total. The standard InChI is InChI=1S/C21H28ClNO5/c1-15-23-16(14-27-15)13-18(22)21-11-12-26-20(25)10-6-8-17(24)7-4-2-3-5-9-19(21)28-21/h13-14,19H,2-12H2,1H3. The summed E-state index contributed by atoms with van der Waals surface area (Å²) in [5, 5.41) is 0.563. The van der Waals surface area contributed by atoms with Gasteiger partial charge in [0.1, 0.15) is 23.3 Å². The smallest absolute Gasteiger partial charge is 0.305 e. The van der Waals surface area contributed by atoms with Crippen molar-refractivity contribution in [2.45, 2.75) is 82.8 Å². The number of cyclic esters (lactones) is 1. The molecule has 2 aliphatic heterocycles. The number of hydrogen-bond donors (Lipinski definition) is 0. The van der Waals surface area contributed by atoms with E-state index in [1.807, 2.05) is 0 Å². The van der Waals surface area contributed by atoms with Crippen molar-refractivity contribution in [2.24, 2.45) is 0 Å². The summed E-state index contributed by atoms with van der Waals surface area (Å²) in [6, 6.07) is 0. The van der Waals surface area contributed by atoms with Crippen LogP contribution in [0.3, 0.4) is 0 Å². The summed E-state index contributed by atoms with van der Waals surface area (Å²) >= 11 is 6.61. The van der Waals surface area contributed by atoms with Crippen LogP contribution in [0, 0.1) is 6.92 Å². The molecule has 2 atom stereocenters.